The Hall–Kier alpha value is -1.22. The second-order valence-corrected chi connectivity index (χ2v) is 6.09. The fraction of sp³-hybridized carbons (Fsp3) is 0.647. The molecule has 1 aromatic carbocycles. The molecule has 2 rings (SSSR count). The largest absolute Gasteiger partial charge is 0.493 e. The second kappa shape index (κ2) is 7.53. The number of ether oxygens (including phenoxy) is 2. The maximum atomic E-state index is 5.89. The van der Waals surface area contributed by atoms with Crippen LogP contribution >= 0.6 is 0 Å². The molecule has 112 valence electrons. The summed E-state index contributed by atoms with van der Waals surface area (Å²) in [6, 6.07) is 6.19. The molecule has 0 unspecified atom stereocenters. The third kappa shape index (κ3) is 5.04. The summed E-state index contributed by atoms with van der Waals surface area (Å²) in [7, 11) is 1.69. The van der Waals surface area contributed by atoms with E-state index in [1.807, 2.05) is 6.07 Å². The van der Waals surface area contributed by atoms with Gasteiger partial charge in [-0.05, 0) is 42.5 Å². The lowest BCUT2D eigenvalue weighted by atomic mass is 10.2. The maximum Gasteiger partial charge on any atom is 0.161 e. The molecule has 3 nitrogen and oxygen atoms in total. The minimum Gasteiger partial charge on any atom is -0.493 e. The van der Waals surface area contributed by atoms with Crippen molar-refractivity contribution in [3.8, 4) is 11.5 Å². The molecule has 1 aliphatic carbocycles. The van der Waals surface area contributed by atoms with Crippen LogP contribution in [0, 0.1) is 11.8 Å². The number of hydrogen-bond acceptors (Lipinski definition) is 3. The second-order valence-electron chi connectivity index (χ2n) is 6.09. The first-order valence-electron chi connectivity index (χ1n) is 7.69. The van der Waals surface area contributed by atoms with E-state index in [1.54, 1.807) is 7.11 Å². The summed E-state index contributed by atoms with van der Waals surface area (Å²) in [6.45, 7) is 7.13. The van der Waals surface area contributed by atoms with Crippen LogP contribution in [-0.2, 0) is 6.54 Å². The van der Waals surface area contributed by atoms with Gasteiger partial charge in [-0.1, -0.05) is 32.8 Å². The number of benzene rings is 1. The van der Waals surface area contributed by atoms with Crippen molar-refractivity contribution in [3.05, 3.63) is 23.8 Å². The van der Waals surface area contributed by atoms with E-state index >= 15 is 0 Å². The standard InChI is InChI=1S/C17H27NO2/c1-13(2)11-18-12-15-6-7-16(19-3)17(10-15)20-9-8-14-4-5-14/h6-7,10,13-14,18H,4-5,8-9,11-12H2,1-3H3. The molecule has 0 aliphatic heterocycles. The SMILES string of the molecule is COc1ccc(CNCC(C)C)cc1OCCC1CC1. The lowest BCUT2D eigenvalue weighted by molar-refractivity contribution is 0.282. The van der Waals surface area contributed by atoms with Gasteiger partial charge in [0.1, 0.15) is 0 Å². The van der Waals surface area contributed by atoms with Crippen LogP contribution in [-0.4, -0.2) is 20.3 Å². The molecular formula is C17H27NO2. The molecule has 0 amide bonds. The highest BCUT2D eigenvalue weighted by Gasteiger charge is 2.21. The van der Waals surface area contributed by atoms with Gasteiger partial charge in [0, 0.05) is 6.54 Å². The summed E-state index contributed by atoms with van der Waals surface area (Å²) in [6.07, 6.45) is 3.91. The highest BCUT2D eigenvalue weighted by Crippen LogP contribution is 2.33. The Morgan fingerprint density at radius 3 is 2.70 bits per heavy atom. The van der Waals surface area contributed by atoms with Crippen LogP contribution in [0.15, 0.2) is 18.2 Å². The van der Waals surface area contributed by atoms with E-state index in [1.165, 1.54) is 24.8 Å². The van der Waals surface area contributed by atoms with E-state index in [0.29, 0.717) is 5.92 Å². The average molecular weight is 277 g/mol. The summed E-state index contributed by atoms with van der Waals surface area (Å²) >= 11 is 0. The Balaban J connectivity index is 1.88. The van der Waals surface area contributed by atoms with Crippen LogP contribution in [0.25, 0.3) is 0 Å². The number of hydrogen-bond donors (Lipinski definition) is 1. The molecule has 0 spiro atoms. The fourth-order valence-electron chi connectivity index (χ4n) is 2.19. The van der Waals surface area contributed by atoms with Crippen LogP contribution in [0.3, 0.4) is 0 Å². The smallest absolute Gasteiger partial charge is 0.161 e. The van der Waals surface area contributed by atoms with Gasteiger partial charge in [-0.15, -0.1) is 0 Å². The first-order chi connectivity index (χ1) is 9.69. The van der Waals surface area contributed by atoms with Crippen molar-refractivity contribution in [1.29, 1.82) is 0 Å². The van der Waals surface area contributed by atoms with Crippen molar-refractivity contribution in [1.82, 2.24) is 5.32 Å². The summed E-state index contributed by atoms with van der Waals surface area (Å²) in [4.78, 5) is 0. The van der Waals surface area contributed by atoms with E-state index in [4.69, 9.17) is 9.47 Å². The molecule has 1 fully saturated rings. The molecule has 1 N–H and O–H groups in total. The highest BCUT2D eigenvalue weighted by atomic mass is 16.5. The first-order valence-corrected chi connectivity index (χ1v) is 7.69. The zero-order valence-electron chi connectivity index (χ0n) is 12.9. The van der Waals surface area contributed by atoms with Gasteiger partial charge in [-0.3, -0.25) is 0 Å². The van der Waals surface area contributed by atoms with E-state index in [9.17, 15) is 0 Å². The molecule has 0 saturated heterocycles. The Kier molecular flexibility index (Phi) is 5.72. The van der Waals surface area contributed by atoms with Crippen molar-refractivity contribution in [3.63, 3.8) is 0 Å². The van der Waals surface area contributed by atoms with Crippen molar-refractivity contribution < 1.29 is 9.47 Å². The van der Waals surface area contributed by atoms with E-state index in [-0.39, 0.29) is 0 Å². The minimum absolute atomic E-state index is 0.669. The van der Waals surface area contributed by atoms with Crippen LogP contribution in [0.5, 0.6) is 11.5 Å². The zero-order valence-corrected chi connectivity index (χ0v) is 12.9. The van der Waals surface area contributed by atoms with Gasteiger partial charge >= 0.3 is 0 Å². The first kappa shape index (κ1) is 15.2. The lowest BCUT2D eigenvalue weighted by Crippen LogP contribution is -2.19. The topological polar surface area (TPSA) is 30.5 Å². The molecule has 1 aliphatic rings. The number of methoxy groups -OCH3 is 1. The Labute approximate surface area is 122 Å². The fourth-order valence-corrected chi connectivity index (χ4v) is 2.19. The molecule has 0 bridgehead atoms. The van der Waals surface area contributed by atoms with Crippen LogP contribution < -0.4 is 14.8 Å². The Morgan fingerprint density at radius 2 is 2.05 bits per heavy atom. The summed E-state index contributed by atoms with van der Waals surface area (Å²) < 4.78 is 11.3. The van der Waals surface area contributed by atoms with Gasteiger partial charge in [0.15, 0.2) is 11.5 Å². The average Bonchev–Trinajstić information content (AvgIpc) is 3.23. The zero-order chi connectivity index (χ0) is 14.4. The quantitative estimate of drug-likeness (QED) is 0.748. The third-order valence-electron chi connectivity index (χ3n) is 3.59. The van der Waals surface area contributed by atoms with Crippen molar-refractivity contribution >= 4 is 0 Å². The van der Waals surface area contributed by atoms with E-state index < -0.39 is 0 Å². The minimum atomic E-state index is 0.669. The van der Waals surface area contributed by atoms with Crippen molar-refractivity contribution in [2.24, 2.45) is 11.8 Å². The molecule has 3 heteroatoms. The number of rotatable bonds is 9. The van der Waals surface area contributed by atoms with Gasteiger partial charge in [-0.25, -0.2) is 0 Å². The van der Waals surface area contributed by atoms with Crippen LogP contribution in [0.1, 0.15) is 38.7 Å². The molecule has 0 radical (unpaired) electrons. The summed E-state index contributed by atoms with van der Waals surface area (Å²) in [5, 5.41) is 3.45. The molecule has 1 aromatic rings. The Morgan fingerprint density at radius 1 is 1.25 bits per heavy atom. The third-order valence-corrected chi connectivity index (χ3v) is 3.59. The van der Waals surface area contributed by atoms with Crippen LogP contribution in [0.4, 0.5) is 0 Å². The van der Waals surface area contributed by atoms with Gasteiger partial charge in [-0.2, -0.15) is 0 Å². The van der Waals surface area contributed by atoms with Gasteiger partial charge < -0.3 is 14.8 Å². The molecule has 1 saturated carbocycles. The number of nitrogens with one attached hydrogen (secondary N) is 1. The predicted molar refractivity (Wildman–Crippen MR) is 82.4 cm³/mol. The lowest BCUT2D eigenvalue weighted by Gasteiger charge is -2.13. The van der Waals surface area contributed by atoms with Crippen molar-refractivity contribution in [2.75, 3.05) is 20.3 Å². The van der Waals surface area contributed by atoms with E-state index in [2.05, 4.69) is 31.3 Å². The summed E-state index contributed by atoms with van der Waals surface area (Å²) in [5.74, 6) is 3.27. The molecule has 0 heterocycles. The van der Waals surface area contributed by atoms with Crippen LogP contribution in [0.2, 0.25) is 0 Å². The Bertz CT molecular complexity index is 413. The maximum absolute atomic E-state index is 5.89. The molecule has 0 atom stereocenters. The van der Waals surface area contributed by atoms with Crippen molar-refractivity contribution in [2.45, 2.75) is 39.7 Å². The van der Waals surface area contributed by atoms with Gasteiger partial charge in [0.05, 0.1) is 13.7 Å². The summed E-state index contributed by atoms with van der Waals surface area (Å²) in [5.41, 5.74) is 1.24. The molecule has 0 aromatic heterocycles. The van der Waals surface area contributed by atoms with E-state index in [0.717, 1.165) is 37.1 Å². The molecule has 20 heavy (non-hydrogen) atoms. The monoisotopic (exact) mass is 277 g/mol. The molecular weight excluding hydrogens is 250 g/mol. The van der Waals surface area contributed by atoms with Gasteiger partial charge in [0.25, 0.3) is 0 Å². The highest BCUT2D eigenvalue weighted by molar-refractivity contribution is 5.42. The van der Waals surface area contributed by atoms with Gasteiger partial charge in [0.2, 0.25) is 0 Å². The normalized spacial score (nSPS) is 14.6. The predicted octanol–water partition coefficient (Wildman–Crippen LogP) is 3.62.